The second kappa shape index (κ2) is 10.8. The monoisotopic (exact) mass is 486 g/mol. The van der Waals surface area contributed by atoms with Gasteiger partial charge in [0, 0.05) is 26.2 Å². The molecule has 1 aromatic rings. The molecule has 2 saturated heterocycles. The van der Waals surface area contributed by atoms with Gasteiger partial charge in [-0.25, -0.2) is 4.79 Å². The minimum atomic E-state index is -0.394. The van der Waals surface area contributed by atoms with Gasteiger partial charge in [-0.1, -0.05) is 23.8 Å². The van der Waals surface area contributed by atoms with Crippen molar-refractivity contribution in [2.75, 3.05) is 26.9 Å². The highest BCUT2D eigenvalue weighted by Crippen LogP contribution is 2.59. The van der Waals surface area contributed by atoms with E-state index in [-0.39, 0.29) is 42.0 Å². The van der Waals surface area contributed by atoms with Crippen LogP contribution in [-0.2, 0) is 23.7 Å². The number of ether oxygens (including phenoxy) is 5. The zero-order valence-electron chi connectivity index (χ0n) is 21.2. The van der Waals surface area contributed by atoms with Crippen molar-refractivity contribution in [3.63, 3.8) is 0 Å². The van der Waals surface area contributed by atoms with Crippen LogP contribution in [0.3, 0.4) is 0 Å². The highest BCUT2D eigenvalue weighted by atomic mass is 16.6. The van der Waals surface area contributed by atoms with E-state index in [9.17, 15) is 4.79 Å². The highest BCUT2D eigenvalue weighted by molar-refractivity contribution is 5.87. The van der Waals surface area contributed by atoms with Crippen LogP contribution in [0.2, 0.25) is 0 Å². The summed E-state index contributed by atoms with van der Waals surface area (Å²) in [5, 5.41) is 8.84. The number of carbonyl (C=O) groups excluding carboxylic acids is 1. The lowest BCUT2D eigenvalue weighted by Gasteiger charge is -2.42. The number of methoxy groups -OCH3 is 1. The first-order valence-corrected chi connectivity index (χ1v) is 12.5. The van der Waals surface area contributed by atoms with Crippen molar-refractivity contribution in [3.05, 3.63) is 47.6 Å². The summed E-state index contributed by atoms with van der Waals surface area (Å²) < 4.78 is 29.6. The smallest absolute Gasteiger partial charge is 0.331 e. The van der Waals surface area contributed by atoms with Gasteiger partial charge in [0.1, 0.15) is 29.2 Å². The Kier molecular flexibility index (Phi) is 8.01. The molecule has 0 amide bonds. The number of esters is 1. The van der Waals surface area contributed by atoms with Gasteiger partial charge in [0.05, 0.1) is 25.2 Å². The van der Waals surface area contributed by atoms with Crippen LogP contribution in [0, 0.1) is 5.92 Å². The van der Waals surface area contributed by atoms with Gasteiger partial charge in [-0.15, -0.1) is 0 Å². The highest BCUT2D eigenvalue weighted by Gasteiger charge is 2.72. The van der Waals surface area contributed by atoms with Crippen LogP contribution in [0.25, 0.3) is 6.08 Å². The molecule has 1 spiro atoms. The van der Waals surface area contributed by atoms with Gasteiger partial charge in [0.15, 0.2) is 0 Å². The lowest BCUT2D eigenvalue weighted by atomic mass is 9.68. The van der Waals surface area contributed by atoms with Crippen molar-refractivity contribution in [3.8, 4) is 5.75 Å². The SMILES string of the molecule is CO[C@@H]1[C@H](OC(=O)/C=C/c2ccc(OCCCO)cc2)CC[C@]2(CO2)[C@H]1[C@]1(C)O[C@H]1CC=C(C)C. The number of carbonyl (C=O) groups is 1. The molecule has 0 unspecified atom stereocenters. The van der Waals surface area contributed by atoms with Crippen LogP contribution >= 0.6 is 0 Å². The lowest BCUT2D eigenvalue weighted by molar-refractivity contribution is -0.166. The first-order valence-electron chi connectivity index (χ1n) is 12.5. The average Bonchev–Trinajstić information content (AvgIpc) is 3.75. The fourth-order valence-electron chi connectivity index (χ4n) is 5.35. The number of epoxide rings is 2. The number of benzene rings is 1. The van der Waals surface area contributed by atoms with E-state index in [1.165, 1.54) is 11.6 Å². The van der Waals surface area contributed by atoms with Crippen LogP contribution < -0.4 is 4.74 Å². The molecular weight excluding hydrogens is 448 g/mol. The Hall–Kier alpha value is -2.19. The molecule has 35 heavy (non-hydrogen) atoms. The minimum Gasteiger partial charge on any atom is -0.494 e. The molecule has 7 heteroatoms. The van der Waals surface area contributed by atoms with Crippen molar-refractivity contribution in [1.29, 1.82) is 0 Å². The third-order valence-corrected chi connectivity index (χ3v) is 7.37. The molecule has 7 nitrogen and oxygen atoms in total. The maximum absolute atomic E-state index is 12.7. The van der Waals surface area contributed by atoms with Crippen LogP contribution in [0.5, 0.6) is 5.75 Å². The molecule has 2 aliphatic heterocycles. The van der Waals surface area contributed by atoms with Crippen LogP contribution in [0.1, 0.15) is 52.0 Å². The third-order valence-electron chi connectivity index (χ3n) is 7.37. The maximum Gasteiger partial charge on any atom is 0.331 e. The van der Waals surface area contributed by atoms with Gasteiger partial charge in [-0.05, 0) is 63.8 Å². The van der Waals surface area contributed by atoms with Crippen molar-refractivity contribution >= 4 is 12.0 Å². The summed E-state index contributed by atoms with van der Waals surface area (Å²) in [6.07, 6.45) is 7.83. The molecular formula is C28H38O7. The van der Waals surface area contributed by atoms with E-state index >= 15 is 0 Å². The van der Waals surface area contributed by atoms with E-state index in [1.54, 1.807) is 13.2 Å². The number of hydrogen-bond acceptors (Lipinski definition) is 7. The summed E-state index contributed by atoms with van der Waals surface area (Å²) in [5.41, 5.74) is 1.54. The van der Waals surface area contributed by atoms with Gasteiger partial charge in [0.2, 0.25) is 0 Å². The van der Waals surface area contributed by atoms with Gasteiger partial charge < -0.3 is 28.8 Å². The normalized spacial score (nSPS) is 33.5. The van der Waals surface area contributed by atoms with Gasteiger partial charge in [-0.3, -0.25) is 0 Å². The van der Waals surface area contributed by atoms with Crippen molar-refractivity contribution < 1.29 is 33.6 Å². The molecule has 0 radical (unpaired) electrons. The summed E-state index contributed by atoms with van der Waals surface area (Å²) in [6, 6.07) is 7.43. The molecule has 0 bridgehead atoms. The molecule has 192 valence electrons. The topological polar surface area (TPSA) is 90.1 Å². The second-order valence-corrected chi connectivity index (χ2v) is 10.2. The third kappa shape index (κ3) is 5.97. The Morgan fingerprint density at radius 2 is 2.00 bits per heavy atom. The number of hydrogen-bond donors (Lipinski definition) is 1. The van der Waals surface area contributed by atoms with Gasteiger partial charge >= 0.3 is 5.97 Å². The van der Waals surface area contributed by atoms with E-state index in [1.807, 2.05) is 24.3 Å². The molecule has 1 aromatic carbocycles. The first-order chi connectivity index (χ1) is 16.8. The molecule has 1 saturated carbocycles. The zero-order valence-corrected chi connectivity index (χ0v) is 21.2. The Balaban J connectivity index is 1.37. The Morgan fingerprint density at radius 1 is 1.26 bits per heavy atom. The van der Waals surface area contributed by atoms with E-state index < -0.39 is 5.97 Å². The molecule has 0 aromatic heterocycles. The maximum atomic E-state index is 12.7. The summed E-state index contributed by atoms with van der Waals surface area (Å²) in [5.74, 6) is 0.337. The standard InChI is InChI=1S/C28H38O7/c1-19(2)6-12-23-27(3,35-23)26-25(31-4)22(14-15-28(26)18-33-28)34-24(30)13-9-20-7-10-21(11-8-20)32-17-5-16-29/h6-11,13,22-23,25-26,29H,5,12,14-18H2,1-4H3/b13-9+/t22-,23+,25-,26-,27-,28+/m1/s1. The number of rotatable bonds is 11. The quantitative estimate of drug-likeness (QED) is 0.166. The number of aliphatic hydroxyl groups excluding tert-OH is 1. The van der Waals surface area contributed by atoms with Crippen LogP contribution in [0.4, 0.5) is 0 Å². The molecule has 4 rings (SSSR count). The minimum absolute atomic E-state index is 0.00414. The largest absolute Gasteiger partial charge is 0.494 e. The summed E-state index contributed by atoms with van der Waals surface area (Å²) in [7, 11) is 1.68. The van der Waals surface area contributed by atoms with Crippen LogP contribution in [-0.4, -0.2) is 67.5 Å². The number of aliphatic hydroxyl groups is 1. The molecule has 2 heterocycles. The second-order valence-electron chi connectivity index (χ2n) is 10.2. The molecule has 3 fully saturated rings. The summed E-state index contributed by atoms with van der Waals surface area (Å²) in [4.78, 5) is 12.7. The van der Waals surface area contributed by atoms with E-state index in [4.69, 9.17) is 28.8 Å². The Labute approximate surface area is 208 Å². The lowest BCUT2D eigenvalue weighted by Crippen LogP contribution is -2.55. The Morgan fingerprint density at radius 3 is 2.63 bits per heavy atom. The van der Waals surface area contributed by atoms with E-state index in [2.05, 4.69) is 26.8 Å². The van der Waals surface area contributed by atoms with Crippen LogP contribution in [0.15, 0.2) is 42.0 Å². The molecule has 1 N–H and O–H groups in total. The molecule has 3 aliphatic rings. The zero-order chi connectivity index (χ0) is 25.1. The average molecular weight is 487 g/mol. The molecule has 6 atom stereocenters. The summed E-state index contributed by atoms with van der Waals surface area (Å²) in [6.45, 7) is 7.59. The number of allylic oxidation sites excluding steroid dienone is 1. The Bertz CT molecular complexity index is 929. The molecule has 1 aliphatic carbocycles. The van der Waals surface area contributed by atoms with E-state index in [0.29, 0.717) is 26.1 Å². The fraction of sp³-hybridized carbons (Fsp3) is 0.607. The summed E-state index contributed by atoms with van der Waals surface area (Å²) >= 11 is 0. The fourth-order valence-corrected chi connectivity index (χ4v) is 5.35. The van der Waals surface area contributed by atoms with Gasteiger partial charge in [0.25, 0.3) is 0 Å². The van der Waals surface area contributed by atoms with Crippen molar-refractivity contribution in [2.24, 2.45) is 5.92 Å². The van der Waals surface area contributed by atoms with Crippen molar-refractivity contribution in [2.45, 2.75) is 76.0 Å². The predicted octanol–water partition coefficient (Wildman–Crippen LogP) is 4.08. The van der Waals surface area contributed by atoms with E-state index in [0.717, 1.165) is 24.2 Å². The first kappa shape index (κ1) is 25.9. The van der Waals surface area contributed by atoms with Crippen molar-refractivity contribution in [1.82, 2.24) is 0 Å². The predicted molar refractivity (Wildman–Crippen MR) is 132 cm³/mol. The van der Waals surface area contributed by atoms with Gasteiger partial charge in [-0.2, -0.15) is 0 Å².